The number of fused-ring (bicyclic) bond motifs is 1. The lowest BCUT2D eigenvalue weighted by atomic mass is 10.1. The van der Waals surface area contributed by atoms with Gasteiger partial charge in [0.1, 0.15) is 17.4 Å². The number of nitrogens with zero attached hydrogens (tertiary/aromatic N) is 3. The summed E-state index contributed by atoms with van der Waals surface area (Å²) < 4.78 is 19.9. The van der Waals surface area contributed by atoms with Crippen molar-refractivity contribution in [3.63, 3.8) is 0 Å². The molecule has 4 rings (SSSR count). The van der Waals surface area contributed by atoms with Gasteiger partial charge in [-0.1, -0.05) is 0 Å². The summed E-state index contributed by atoms with van der Waals surface area (Å²) in [6.45, 7) is 1.88. The summed E-state index contributed by atoms with van der Waals surface area (Å²) in [4.78, 5) is 15.6. The zero-order valence-corrected chi connectivity index (χ0v) is 12.4. The van der Waals surface area contributed by atoms with Crippen molar-refractivity contribution in [2.45, 2.75) is 18.9 Å². The Hall–Kier alpha value is -2.54. The molecule has 6 nitrogen and oxygen atoms in total. The largest absolute Gasteiger partial charge is 0.473 e. The molecular formula is C16H16FN5O. The average molecular weight is 313 g/mol. The fourth-order valence-corrected chi connectivity index (χ4v) is 2.81. The smallest absolute Gasteiger partial charge is 0.233 e. The zero-order chi connectivity index (χ0) is 15.6. The molecule has 1 saturated heterocycles. The van der Waals surface area contributed by atoms with E-state index in [2.05, 4.69) is 25.3 Å². The van der Waals surface area contributed by atoms with Gasteiger partial charge in [-0.05, 0) is 32.0 Å². The molecule has 1 aliphatic rings. The first-order valence-corrected chi connectivity index (χ1v) is 7.62. The molecule has 0 spiro atoms. The predicted molar refractivity (Wildman–Crippen MR) is 83.6 cm³/mol. The van der Waals surface area contributed by atoms with Crippen LogP contribution in [0.25, 0.3) is 22.3 Å². The van der Waals surface area contributed by atoms with Gasteiger partial charge in [0.25, 0.3) is 0 Å². The highest BCUT2D eigenvalue weighted by Crippen LogP contribution is 2.29. The van der Waals surface area contributed by atoms with Gasteiger partial charge in [0.15, 0.2) is 5.65 Å². The van der Waals surface area contributed by atoms with Crippen molar-refractivity contribution in [1.82, 2.24) is 25.3 Å². The number of pyridine rings is 1. The fraction of sp³-hybridized carbons (Fsp3) is 0.312. The lowest BCUT2D eigenvalue weighted by Crippen LogP contribution is -2.34. The van der Waals surface area contributed by atoms with Gasteiger partial charge in [-0.2, -0.15) is 0 Å². The van der Waals surface area contributed by atoms with Crippen molar-refractivity contribution in [3.05, 3.63) is 36.7 Å². The molecule has 4 heterocycles. The maximum absolute atomic E-state index is 14.0. The molecule has 2 N–H and O–H groups in total. The highest BCUT2D eigenvalue weighted by Gasteiger charge is 2.17. The normalized spacial score (nSPS) is 15.9. The second-order valence-electron chi connectivity index (χ2n) is 5.53. The number of aromatic nitrogens is 4. The lowest BCUT2D eigenvalue weighted by molar-refractivity contribution is 0.156. The van der Waals surface area contributed by atoms with Gasteiger partial charge in [0.05, 0.1) is 12.4 Å². The molecule has 0 amide bonds. The van der Waals surface area contributed by atoms with Crippen molar-refractivity contribution < 1.29 is 9.13 Å². The Bertz CT molecular complexity index is 828. The maximum Gasteiger partial charge on any atom is 0.233 e. The van der Waals surface area contributed by atoms with E-state index in [0.29, 0.717) is 28.2 Å². The second-order valence-corrected chi connectivity index (χ2v) is 5.53. The van der Waals surface area contributed by atoms with Crippen LogP contribution < -0.4 is 10.1 Å². The first kappa shape index (κ1) is 14.1. The summed E-state index contributed by atoms with van der Waals surface area (Å²) >= 11 is 0. The molecule has 118 valence electrons. The fourth-order valence-electron chi connectivity index (χ4n) is 2.81. The molecular weight excluding hydrogens is 297 g/mol. The Labute approximate surface area is 132 Å². The van der Waals surface area contributed by atoms with E-state index in [1.54, 1.807) is 24.7 Å². The summed E-state index contributed by atoms with van der Waals surface area (Å²) in [5, 5.41) is 3.29. The van der Waals surface area contributed by atoms with Crippen LogP contribution in [0.4, 0.5) is 4.39 Å². The van der Waals surface area contributed by atoms with Gasteiger partial charge in [0.2, 0.25) is 5.88 Å². The van der Waals surface area contributed by atoms with Crippen molar-refractivity contribution in [2.24, 2.45) is 0 Å². The highest BCUT2D eigenvalue weighted by atomic mass is 19.1. The Morgan fingerprint density at radius 3 is 2.87 bits per heavy atom. The topological polar surface area (TPSA) is 75.7 Å². The summed E-state index contributed by atoms with van der Waals surface area (Å²) in [6, 6.07) is 1.62. The van der Waals surface area contributed by atoms with Gasteiger partial charge in [-0.3, -0.25) is 4.98 Å². The SMILES string of the molecule is Fc1cnccc1-c1c[nH]c2ncc(OC3CCNCC3)nc12. The lowest BCUT2D eigenvalue weighted by Gasteiger charge is -2.23. The quantitative estimate of drug-likeness (QED) is 0.776. The second kappa shape index (κ2) is 5.92. The summed E-state index contributed by atoms with van der Waals surface area (Å²) in [6.07, 6.45) is 8.09. The molecule has 1 aliphatic heterocycles. The molecule has 3 aromatic heterocycles. The van der Waals surface area contributed by atoms with E-state index in [-0.39, 0.29) is 11.9 Å². The molecule has 0 bridgehead atoms. The number of hydrogen-bond donors (Lipinski definition) is 2. The molecule has 7 heteroatoms. The van der Waals surface area contributed by atoms with Gasteiger partial charge >= 0.3 is 0 Å². The number of nitrogens with one attached hydrogen (secondary N) is 2. The maximum atomic E-state index is 14.0. The van der Waals surface area contributed by atoms with E-state index >= 15 is 0 Å². The summed E-state index contributed by atoms with van der Waals surface area (Å²) in [5.74, 6) is 0.0830. The van der Waals surface area contributed by atoms with Crippen molar-refractivity contribution in [1.29, 1.82) is 0 Å². The number of halogens is 1. The van der Waals surface area contributed by atoms with Crippen LogP contribution in [-0.4, -0.2) is 39.1 Å². The van der Waals surface area contributed by atoms with Crippen molar-refractivity contribution in [3.8, 4) is 17.0 Å². The van der Waals surface area contributed by atoms with Crippen LogP contribution in [0.5, 0.6) is 5.88 Å². The summed E-state index contributed by atoms with van der Waals surface area (Å²) in [7, 11) is 0. The van der Waals surface area contributed by atoms with E-state index < -0.39 is 0 Å². The van der Waals surface area contributed by atoms with Crippen LogP contribution in [0.15, 0.2) is 30.9 Å². The number of piperidine rings is 1. The minimum Gasteiger partial charge on any atom is -0.473 e. The third-order valence-electron chi connectivity index (χ3n) is 3.99. The third-order valence-corrected chi connectivity index (χ3v) is 3.99. The van der Waals surface area contributed by atoms with E-state index in [4.69, 9.17) is 4.74 Å². The van der Waals surface area contributed by atoms with E-state index in [1.165, 1.54) is 6.20 Å². The minimum atomic E-state index is -0.389. The number of aromatic amines is 1. The van der Waals surface area contributed by atoms with E-state index in [9.17, 15) is 4.39 Å². The standard InChI is InChI=1S/C16H16FN5O/c17-13-8-19-6-3-11(13)12-7-20-16-15(12)22-14(9-21-16)23-10-1-4-18-5-2-10/h3,6-10,18H,1-2,4-5H2,(H,20,21). The molecule has 3 aromatic rings. The van der Waals surface area contributed by atoms with Crippen LogP contribution in [0.1, 0.15) is 12.8 Å². The van der Waals surface area contributed by atoms with Crippen molar-refractivity contribution >= 4 is 11.2 Å². The van der Waals surface area contributed by atoms with Crippen molar-refractivity contribution in [2.75, 3.05) is 13.1 Å². The molecule has 0 atom stereocenters. The van der Waals surface area contributed by atoms with Crippen LogP contribution in [0.2, 0.25) is 0 Å². The predicted octanol–water partition coefficient (Wildman–Crippen LogP) is 2.29. The van der Waals surface area contributed by atoms with Gasteiger partial charge in [0, 0.05) is 23.5 Å². The molecule has 0 unspecified atom stereocenters. The van der Waals surface area contributed by atoms with Gasteiger partial charge < -0.3 is 15.0 Å². The molecule has 0 aromatic carbocycles. The first-order valence-electron chi connectivity index (χ1n) is 7.62. The Morgan fingerprint density at radius 2 is 2.04 bits per heavy atom. The highest BCUT2D eigenvalue weighted by molar-refractivity contribution is 5.90. The monoisotopic (exact) mass is 313 g/mol. The van der Waals surface area contributed by atoms with Gasteiger partial charge in [-0.25, -0.2) is 14.4 Å². The molecule has 0 saturated carbocycles. The Balaban J connectivity index is 1.70. The Morgan fingerprint density at radius 1 is 1.17 bits per heavy atom. The molecule has 0 radical (unpaired) electrons. The number of rotatable bonds is 3. The van der Waals surface area contributed by atoms with Crippen LogP contribution >= 0.6 is 0 Å². The van der Waals surface area contributed by atoms with E-state index in [0.717, 1.165) is 25.9 Å². The van der Waals surface area contributed by atoms with E-state index in [1.807, 2.05) is 0 Å². The number of ether oxygens (including phenoxy) is 1. The molecule has 0 aliphatic carbocycles. The van der Waals surface area contributed by atoms with Gasteiger partial charge in [-0.15, -0.1) is 0 Å². The summed E-state index contributed by atoms with van der Waals surface area (Å²) in [5.41, 5.74) is 2.30. The zero-order valence-electron chi connectivity index (χ0n) is 12.4. The third kappa shape index (κ3) is 2.75. The Kier molecular flexibility index (Phi) is 3.63. The average Bonchev–Trinajstić information content (AvgIpc) is 2.99. The number of hydrogen-bond acceptors (Lipinski definition) is 5. The first-order chi connectivity index (χ1) is 11.3. The molecule has 23 heavy (non-hydrogen) atoms. The molecule has 1 fully saturated rings. The minimum absolute atomic E-state index is 0.142. The van der Waals surface area contributed by atoms with Crippen LogP contribution in [0, 0.1) is 5.82 Å². The van der Waals surface area contributed by atoms with Crippen LogP contribution in [0.3, 0.4) is 0 Å². The number of H-pyrrole nitrogens is 1. The van der Waals surface area contributed by atoms with Crippen LogP contribution in [-0.2, 0) is 0 Å².